The Labute approximate surface area is 85.2 Å². The maximum atomic E-state index is 8.78. The van der Waals surface area contributed by atoms with Crippen molar-refractivity contribution in [1.82, 2.24) is 15.0 Å². The molecule has 3 rings (SSSR count). The highest BCUT2D eigenvalue weighted by Crippen LogP contribution is 2.23. The summed E-state index contributed by atoms with van der Waals surface area (Å²) in [6.45, 7) is 0. The molecule has 0 fully saturated rings. The number of aromatic nitrogens is 3. The molecule has 4 heteroatoms. The van der Waals surface area contributed by atoms with Gasteiger partial charge in [-0.3, -0.25) is 0 Å². The number of H-pyrrole nitrogens is 1. The van der Waals surface area contributed by atoms with Gasteiger partial charge in [-0.1, -0.05) is 6.07 Å². The van der Waals surface area contributed by atoms with E-state index in [9.17, 15) is 0 Å². The monoisotopic (exact) mass is 194 g/mol. The predicted octanol–water partition coefficient (Wildman–Crippen LogP) is 1.98. The molecule has 2 heterocycles. The van der Waals surface area contributed by atoms with E-state index in [1.165, 1.54) is 6.33 Å². The molecule has 4 nitrogen and oxygen atoms in total. The van der Waals surface area contributed by atoms with Gasteiger partial charge in [0.25, 0.3) is 0 Å². The van der Waals surface area contributed by atoms with Crippen LogP contribution in [-0.4, -0.2) is 15.0 Å². The Morgan fingerprint density at radius 3 is 3.07 bits per heavy atom. The summed E-state index contributed by atoms with van der Waals surface area (Å²) >= 11 is 0. The maximum absolute atomic E-state index is 8.78. The molecule has 0 saturated carbocycles. The number of benzene rings is 1. The molecule has 0 aliphatic carbocycles. The van der Waals surface area contributed by atoms with Gasteiger partial charge >= 0.3 is 0 Å². The third-order valence-electron chi connectivity index (χ3n) is 2.40. The van der Waals surface area contributed by atoms with E-state index in [1.54, 1.807) is 12.3 Å². The van der Waals surface area contributed by atoms with Crippen LogP contribution in [0.2, 0.25) is 0 Å². The number of fused-ring (bicyclic) bond motifs is 3. The summed E-state index contributed by atoms with van der Waals surface area (Å²) in [5, 5.41) is 10.8. The first kappa shape index (κ1) is 7.94. The van der Waals surface area contributed by atoms with Crippen molar-refractivity contribution in [2.75, 3.05) is 0 Å². The number of rotatable bonds is 0. The quantitative estimate of drug-likeness (QED) is 0.595. The summed E-state index contributed by atoms with van der Waals surface area (Å²) in [6, 6.07) is 7.63. The molecular weight excluding hydrogens is 188 g/mol. The third-order valence-corrected chi connectivity index (χ3v) is 2.40. The topological polar surface area (TPSA) is 65.4 Å². The molecule has 15 heavy (non-hydrogen) atoms. The molecule has 0 bridgehead atoms. The van der Waals surface area contributed by atoms with Gasteiger partial charge in [0, 0.05) is 22.5 Å². The Hall–Kier alpha value is -2.41. The molecular formula is C11H6N4. The molecule has 0 saturated heterocycles. The molecule has 1 aromatic carbocycles. The van der Waals surface area contributed by atoms with Crippen molar-refractivity contribution < 1.29 is 0 Å². The molecule has 0 aliphatic rings. The zero-order valence-electron chi connectivity index (χ0n) is 7.73. The molecule has 0 atom stereocenters. The Kier molecular flexibility index (Phi) is 1.48. The number of nitrogens with zero attached hydrogens (tertiary/aromatic N) is 3. The molecule has 70 valence electrons. The SMILES string of the molecule is N#Cc1ccc2c(c1)[nH]c1ncncc12. The fourth-order valence-electron chi connectivity index (χ4n) is 1.71. The Balaban J connectivity index is 2.50. The van der Waals surface area contributed by atoms with Gasteiger partial charge in [0.15, 0.2) is 0 Å². The van der Waals surface area contributed by atoms with Crippen LogP contribution in [0.25, 0.3) is 21.9 Å². The second-order valence-corrected chi connectivity index (χ2v) is 3.28. The van der Waals surface area contributed by atoms with Crippen LogP contribution in [0.3, 0.4) is 0 Å². The van der Waals surface area contributed by atoms with Gasteiger partial charge in [-0.25, -0.2) is 9.97 Å². The standard InChI is InChI=1S/C11H6N4/c12-4-7-1-2-8-9-5-13-6-14-11(9)15-10(8)3-7/h1-3,5-6H,(H,13,14,15). The van der Waals surface area contributed by atoms with E-state index in [-0.39, 0.29) is 0 Å². The Bertz CT molecular complexity index is 690. The van der Waals surface area contributed by atoms with E-state index in [1.807, 2.05) is 12.1 Å². The van der Waals surface area contributed by atoms with E-state index in [0.717, 1.165) is 21.9 Å². The van der Waals surface area contributed by atoms with Crippen molar-refractivity contribution in [2.24, 2.45) is 0 Å². The zero-order chi connectivity index (χ0) is 10.3. The average Bonchev–Trinajstić information content (AvgIpc) is 2.66. The van der Waals surface area contributed by atoms with Crippen molar-refractivity contribution in [2.45, 2.75) is 0 Å². The maximum Gasteiger partial charge on any atom is 0.141 e. The van der Waals surface area contributed by atoms with Gasteiger partial charge < -0.3 is 4.98 Å². The van der Waals surface area contributed by atoms with E-state index in [0.29, 0.717) is 5.56 Å². The van der Waals surface area contributed by atoms with Crippen molar-refractivity contribution >= 4 is 21.9 Å². The molecule has 0 spiro atoms. The summed E-state index contributed by atoms with van der Waals surface area (Å²) in [4.78, 5) is 11.3. The van der Waals surface area contributed by atoms with Gasteiger partial charge in [-0.2, -0.15) is 5.26 Å². The first-order chi connectivity index (χ1) is 7.38. The fraction of sp³-hybridized carbons (Fsp3) is 0. The van der Waals surface area contributed by atoms with Crippen LogP contribution in [0.5, 0.6) is 0 Å². The molecule has 0 radical (unpaired) electrons. The van der Waals surface area contributed by atoms with E-state index < -0.39 is 0 Å². The van der Waals surface area contributed by atoms with E-state index in [4.69, 9.17) is 5.26 Å². The lowest BCUT2D eigenvalue weighted by Crippen LogP contribution is -1.75. The highest BCUT2D eigenvalue weighted by atomic mass is 14.9. The van der Waals surface area contributed by atoms with Gasteiger partial charge in [-0.05, 0) is 12.1 Å². The molecule has 3 aromatic rings. The van der Waals surface area contributed by atoms with Gasteiger partial charge in [0.05, 0.1) is 11.6 Å². The lowest BCUT2D eigenvalue weighted by Gasteiger charge is -1.90. The van der Waals surface area contributed by atoms with Crippen LogP contribution in [0.4, 0.5) is 0 Å². The number of aromatic amines is 1. The molecule has 0 amide bonds. The number of nitriles is 1. The van der Waals surface area contributed by atoms with Gasteiger partial charge in [-0.15, -0.1) is 0 Å². The van der Waals surface area contributed by atoms with Gasteiger partial charge in [0.1, 0.15) is 12.0 Å². The number of hydrogen-bond acceptors (Lipinski definition) is 3. The summed E-state index contributed by atoms with van der Waals surface area (Å²) < 4.78 is 0. The van der Waals surface area contributed by atoms with Crippen LogP contribution in [0.1, 0.15) is 5.56 Å². The van der Waals surface area contributed by atoms with Gasteiger partial charge in [0.2, 0.25) is 0 Å². The second kappa shape index (κ2) is 2.79. The summed E-state index contributed by atoms with van der Waals surface area (Å²) in [5.74, 6) is 0. The van der Waals surface area contributed by atoms with Crippen LogP contribution < -0.4 is 0 Å². The van der Waals surface area contributed by atoms with Crippen molar-refractivity contribution in [3.8, 4) is 6.07 Å². The minimum absolute atomic E-state index is 0.641. The highest BCUT2D eigenvalue weighted by molar-refractivity contribution is 6.05. The van der Waals surface area contributed by atoms with Crippen LogP contribution >= 0.6 is 0 Å². The van der Waals surface area contributed by atoms with Crippen molar-refractivity contribution in [3.05, 3.63) is 36.3 Å². The first-order valence-corrected chi connectivity index (χ1v) is 4.50. The second-order valence-electron chi connectivity index (χ2n) is 3.28. The summed E-state index contributed by atoms with van der Waals surface area (Å²) in [5.41, 5.74) is 2.36. The fourth-order valence-corrected chi connectivity index (χ4v) is 1.71. The zero-order valence-corrected chi connectivity index (χ0v) is 7.73. The van der Waals surface area contributed by atoms with Crippen LogP contribution in [0.15, 0.2) is 30.7 Å². The lowest BCUT2D eigenvalue weighted by atomic mass is 10.1. The molecule has 0 aliphatic heterocycles. The summed E-state index contributed by atoms with van der Waals surface area (Å²) in [7, 11) is 0. The first-order valence-electron chi connectivity index (χ1n) is 4.50. The third kappa shape index (κ3) is 1.07. The average molecular weight is 194 g/mol. The Morgan fingerprint density at radius 2 is 2.20 bits per heavy atom. The minimum atomic E-state index is 0.641. The summed E-state index contributed by atoms with van der Waals surface area (Å²) in [6.07, 6.45) is 3.27. The van der Waals surface area contributed by atoms with E-state index >= 15 is 0 Å². The smallest absolute Gasteiger partial charge is 0.141 e. The minimum Gasteiger partial charge on any atom is -0.339 e. The van der Waals surface area contributed by atoms with E-state index in [2.05, 4.69) is 21.0 Å². The Morgan fingerprint density at radius 1 is 1.27 bits per heavy atom. The molecule has 1 N–H and O–H groups in total. The largest absolute Gasteiger partial charge is 0.339 e. The normalized spacial score (nSPS) is 10.6. The van der Waals surface area contributed by atoms with Crippen molar-refractivity contribution in [1.29, 1.82) is 5.26 Å². The number of hydrogen-bond donors (Lipinski definition) is 1. The molecule has 2 aromatic heterocycles. The van der Waals surface area contributed by atoms with Crippen LogP contribution in [0, 0.1) is 11.3 Å². The lowest BCUT2D eigenvalue weighted by molar-refractivity contribution is 1.21. The molecule has 0 unspecified atom stereocenters. The van der Waals surface area contributed by atoms with Crippen molar-refractivity contribution in [3.63, 3.8) is 0 Å². The predicted molar refractivity (Wildman–Crippen MR) is 56.1 cm³/mol. The van der Waals surface area contributed by atoms with Crippen LogP contribution in [-0.2, 0) is 0 Å². The highest BCUT2D eigenvalue weighted by Gasteiger charge is 2.04. The number of nitrogens with one attached hydrogen (secondary N) is 1.